The van der Waals surface area contributed by atoms with E-state index in [0.29, 0.717) is 0 Å². The van der Waals surface area contributed by atoms with Crippen LogP contribution < -0.4 is 4.90 Å². The monoisotopic (exact) mass is 419 g/mol. The Morgan fingerprint density at radius 1 is 0.500 bits per heavy atom. The van der Waals surface area contributed by atoms with Crippen LogP contribution in [-0.4, -0.2) is 6.54 Å². The second kappa shape index (κ2) is 10.8. The van der Waals surface area contributed by atoms with E-state index in [1.54, 1.807) is 0 Å². The van der Waals surface area contributed by atoms with Gasteiger partial charge < -0.3 is 4.90 Å². The molecule has 0 saturated heterocycles. The molecule has 162 valence electrons. The summed E-state index contributed by atoms with van der Waals surface area (Å²) in [6.07, 6.45) is 4.93. The summed E-state index contributed by atoms with van der Waals surface area (Å²) in [7, 11) is 0. The van der Waals surface area contributed by atoms with Gasteiger partial charge in [0.05, 0.1) is 0 Å². The number of unbranched alkanes of at least 4 members (excludes halogenated alkanes) is 3. The zero-order valence-electron chi connectivity index (χ0n) is 19.0. The van der Waals surface area contributed by atoms with E-state index < -0.39 is 5.54 Å². The Balaban J connectivity index is 1.99. The topological polar surface area (TPSA) is 3.24 Å². The third kappa shape index (κ3) is 4.48. The lowest BCUT2D eigenvalue weighted by atomic mass is 9.75. The highest BCUT2D eigenvalue weighted by atomic mass is 15.2. The molecule has 1 heteroatoms. The fourth-order valence-electron chi connectivity index (χ4n) is 4.80. The van der Waals surface area contributed by atoms with E-state index in [-0.39, 0.29) is 0 Å². The van der Waals surface area contributed by atoms with Crippen LogP contribution in [0, 0.1) is 0 Å². The normalized spacial score (nSPS) is 11.3. The van der Waals surface area contributed by atoms with Crippen LogP contribution in [0.5, 0.6) is 0 Å². The first-order valence-electron chi connectivity index (χ1n) is 11.9. The number of rotatable bonds is 10. The van der Waals surface area contributed by atoms with Gasteiger partial charge >= 0.3 is 0 Å². The molecule has 0 heterocycles. The molecule has 0 fully saturated rings. The Morgan fingerprint density at radius 2 is 0.906 bits per heavy atom. The van der Waals surface area contributed by atoms with Crippen molar-refractivity contribution in [1.82, 2.24) is 0 Å². The number of para-hydroxylation sites is 1. The molecule has 32 heavy (non-hydrogen) atoms. The lowest BCUT2D eigenvalue weighted by molar-refractivity contribution is 0.531. The van der Waals surface area contributed by atoms with Gasteiger partial charge in [-0.3, -0.25) is 0 Å². The van der Waals surface area contributed by atoms with Gasteiger partial charge in [-0.1, -0.05) is 135 Å². The molecule has 0 N–H and O–H groups in total. The molecule has 0 bridgehead atoms. The first-order chi connectivity index (χ1) is 15.9. The summed E-state index contributed by atoms with van der Waals surface area (Å²) >= 11 is 0. The molecule has 1 nitrogen and oxygen atoms in total. The minimum absolute atomic E-state index is 0.419. The maximum atomic E-state index is 2.63. The average molecular weight is 420 g/mol. The van der Waals surface area contributed by atoms with Gasteiger partial charge in [-0.2, -0.15) is 0 Å². The molecule has 0 aliphatic carbocycles. The molecule has 0 amide bonds. The highest BCUT2D eigenvalue weighted by Gasteiger charge is 2.42. The molecule has 0 unspecified atom stereocenters. The number of hydrogen-bond donors (Lipinski definition) is 0. The van der Waals surface area contributed by atoms with Crippen molar-refractivity contribution < 1.29 is 0 Å². The van der Waals surface area contributed by atoms with Crippen LogP contribution >= 0.6 is 0 Å². The predicted molar refractivity (Wildman–Crippen MR) is 137 cm³/mol. The molecular formula is C31H33N. The fraction of sp³-hybridized carbons (Fsp3) is 0.226. The Labute approximate surface area is 193 Å². The average Bonchev–Trinajstić information content (AvgIpc) is 2.88. The van der Waals surface area contributed by atoms with E-state index in [9.17, 15) is 0 Å². The molecule has 0 radical (unpaired) electrons. The summed E-state index contributed by atoms with van der Waals surface area (Å²) in [5, 5.41) is 0. The molecule has 0 aliphatic rings. The van der Waals surface area contributed by atoms with Gasteiger partial charge in [-0.05, 0) is 35.2 Å². The molecule has 0 spiro atoms. The number of benzene rings is 4. The zero-order valence-corrected chi connectivity index (χ0v) is 19.0. The van der Waals surface area contributed by atoms with Crippen LogP contribution in [0.4, 0.5) is 5.69 Å². The SMILES string of the molecule is CCCCCCN(c1ccccc1)C(c1ccccc1)(c1ccccc1)c1ccccc1. The van der Waals surface area contributed by atoms with E-state index in [1.807, 2.05) is 0 Å². The van der Waals surface area contributed by atoms with Gasteiger partial charge in [-0.25, -0.2) is 0 Å². The van der Waals surface area contributed by atoms with Crippen molar-refractivity contribution in [3.05, 3.63) is 138 Å². The number of hydrogen-bond acceptors (Lipinski definition) is 1. The van der Waals surface area contributed by atoms with Crippen molar-refractivity contribution in [3.8, 4) is 0 Å². The third-order valence-electron chi connectivity index (χ3n) is 6.28. The minimum Gasteiger partial charge on any atom is -0.354 e. The van der Waals surface area contributed by atoms with Gasteiger partial charge in [0.25, 0.3) is 0 Å². The highest BCUT2D eigenvalue weighted by molar-refractivity contribution is 5.62. The standard InChI is InChI=1S/C31H33N/c1-2-3-4-17-26-32(30-24-15-8-16-25-30)31(27-18-9-5-10-19-27,28-20-11-6-12-21-28)29-22-13-7-14-23-29/h5-16,18-25H,2-4,17,26H2,1H3. The van der Waals surface area contributed by atoms with Crippen LogP contribution in [0.1, 0.15) is 49.3 Å². The van der Waals surface area contributed by atoms with Crippen molar-refractivity contribution in [3.63, 3.8) is 0 Å². The van der Waals surface area contributed by atoms with E-state index in [2.05, 4.69) is 133 Å². The molecule has 4 aromatic rings. The number of nitrogens with zero attached hydrogens (tertiary/aromatic N) is 1. The lowest BCUT2D eigenvalue weighted by Crippen LogP contribution is -2.49. The first-order valence-corrected chi connectivity index (χ1v) is 11.9. The van der Waals surface area contributed by atoms with E-state index in [0.717, 1.165) is 13.0 Å². The zero-order chi connectivity index (χ0) is 22.1. The second-order valence-corrected chi connectivity index (χ2v) is 8.36. The Bertz CT molecular complexity index is 946. The fourth-order valence-corrected chi connectivity index (χ4v) is 4.80. The van der Waals surface area contributed by atoms with Crippen LogP contribution in [0.2, 0.25) is 0 Å². The summed E-state index contributed by atoms with van der Waals surface area (Å²) in [6, 6.07) is 43.9. The van der Waals surface area contributed by atoms with Gasteiger partial charge in [0.2, 0.25) is 0 Å². The van der Waals surface area contributed by atoms with Gasteiger partial charge in [0.15, 0.2) is 0 Å². The highest BCUT2D eigenvalue weighted by Crippen LogP contribution is 2.44. The second-order valence-electron chi connectivity index (χ2n) is 8.36. The van der Waals surface area contributed by atoms with Crippen molar-refractivity contribution in [2.75, 3.05) is 11.4 Å². The van der Waals surface area contributed by atoms with Crippen molar-refractivity contribution in [2.45, 2.75) is 38.1 Å². The number of anilines is 1. The maximum Gasteiger partial charge on any atom is 0.116 e. The van der Waals surface area contributed by atoms with Crippen LogP contribution in [-0.2, 0) is 5.54 Å². The van der Waals surface area contributed by atoms with Crippen molar-refractivity contribution in [2.24, 2.45) is 0 Å². The smallest absolute Gasteiger partial charge is 0.116 e. The molecule has 0 saturated carbocycles. The summed E-state index contributed by atoms with van der Waals surface area (Å²) in [6.45, 7) is 3.26. The van der Waals surface area contributed by atoms with E-state index in [1.165, 1.54) is 41.6 Å². The summed E-state index contributed by atoms with van der Waals surface area (Å²) in [5.41, 5.74) is 4.70. The lowest BCUT2D eigenvalue weighted by Gasteiger charge is -2.47. The molecule has 4 rings (SSSR count). The van der Waals surface area contributed by atoms with E-state index >= 15 is 0 Å². The molecule has 0 aromatic heterocycles. The maximum absolute atomic E-state index is 2.63. The Kier molecular flexibility index (Phi) is 7.40. The van der Waals surface area contributed by atoms with Crippen molar-refractivity contribution >= 4 is 5.69 Å². The molecular weight excluding hydrogens is 386 g/mol. The van der Waals surface area contributed by atoms with Gasteiger partial charge in [-0.15, -0.1) is 0 Å². The quantitative estimate of drug-likeness (QED) is 0.185. The molecule has 4 aromatic carbocycles. The molecule has 0 atom stereocenters. The van der Waals surface area contributed by atoms with Crippen molar-refractivity contribution in [1.29, 1.82) is 0 Å². The summed E-state index contributed by atoms with van der Waals surface area (Å²) in [4.78, 5) is 2.63. The van der Waals surface area contributed by atoms with Crippen LogP contribution in [0.3, 0.4) is 0 Å². The first kappa shape index (κ1) is 21.9. The summed E-state index contributed by atoms with van der Waals surface area (Å²) < 4.78 is 0. The largest absolute Gasteiger partial charge is 0.354 e. The minimum atomic E-state index is -0.419. The van der Waals surface area contributed by atoms with Gasteiger partial charge in [0, 0.05) is 12.2 Å². The van der Waals surface area contributed by atoms with Gasteiger partial charge in [0.1, 0.15) is 5.54 Å². The third-order valence-corrected chi connectivity index (χ3v) is 6.28. The molecule has 0 aliphatic heterocycles. The predicted octanol–water partition coefficient (Wildman–Crippen LogP) is 8.07. The Morgan fingerprint density at radius 3 is 1.31 bits per heavy atom. The van der Waals surface area contributed by atoms with Crippen LogP contribution in [0.15, 0.2) is 121 Å². The van der Waals surface area contributed by atoms with E-state index in [4.69, 9.17) is 0 Å². The van der Waals surface area contributed by atoms with Crippen LogP contribution in [0.25, 0.3) is 0 Å². The summed E-state index contributed by atoms with van der Waals surface area (Å²) in [5.74, 6) is 0. The Hall–Kier alpha value is -3.32.